The average molecular weight is 274 g/mol. The molecule has 0 amide bonds. The Morgan fingerprint density at radius 1 is 1.20 bits per heavy atom. The molecule has 4 bridgehead atoms. The van der Waals surface area contributed by atoms with Crippen LogP contribution in [0.5, 0.6) is 0 Å². The molecule has 1 N–H and O–H groups in total. The first kappa shape index (κ1) is 12.9. The molecule has 4 aliphatic carbocycles. The summed E-state index contributed by atoms with van der Waals surface area (Å²) < 4.78 is 5.41. The van der Waals surface area contributed by atoms with E-state index in [0.29, 0.717) is 11.5 Å². The topological polar surface area (TPSA) is 38.1 Å². The average Bonchev–Trinajstić information content (AvgIpc) is 2.84. The summed E-state index contributed by atoms with van der Waals surface area (Å²) in [6.45, 7) is 5.18. The van der Waals surface area contributed by atoms with Crippen LogP contribution in [0.4, 0.5) is 0 Å². The molecule has 0 aliphatic heterocycles. The van der Waals surface area contributed by atoms with Gasteiger partial charge in [0.25, 0.3) is 0 Å². The van der Waals surface area contributed by atoms with Crippen molar-refractivity contribution in [3.8, 4) is 0 Å². The van der Waals surface area contributed by atoms with Crippen molar-refractivity contribution in [2.24, 2.45) is 17.8 Å². The molecule has 0 aromatic carbocycles. The van der Waals surface area contributed by atoms with Crippen LogP contribution in [0.15, 0.2) is 10.6 Å². The van der Waals surface area contributed by atoms with E-state index in [0.717, 1.165) is 35.8 Å². The maximum atomic E-state index is 5.41. The Bertz CT molecular complexity index is 456. The largest absolute Gasteiger partial charge is 0.361 e. The van der Waals surface area contributed by atoms with Crippen molar-refractivity contribution in [2.75, 3.05) is 0 Å². The van der Waals surface area contributed by atoms with Crippen molar-refractivity contribution >= 4 is 0 Å². The highest BCUT2D eigenvalue weighted by atomic mass is 16.5. The summed E-state index contributed by atoms with van der Waals surface area (Å²) in [5, 5.41) is 8.09. The fourth-order valence-electron chi connectivity index (χ4n) is 5.29. The van der Waals surface area contributed by atoms with Crippen LogP contribution < -0.4 is 5.32 Å². The lowest BCUT2D eigenvalue weighted by Gasteiger charge is -2.57. The summed E-state index contributed by atoms with van der Waals surface area (Å²) >= 11 is 0. The van der Waals surface area contributed by atoms with Crippen LogP contribution in [0.2, 0.25) is 0 Å². The predicted octanol–water partition coefficient (Wildman–Crippen LogP) is 3.86. The third kappa shape index (κ3) is 2.20. The molecule has 0 atom stereocenters. The zero-order valence-electron chi connectivity index (χ0n) is 12.7. The minimum atomic E-state index is 0.422. The van der Waals surface area contributed by atoms with Gasteiger partial charge < -0.3 is 9.84 Å². The maximum absolute atomic E-state index is 5.41. The maximum Gasteiger partial charge on any atom is 0.139 e. The van der Waals surface area contributed by atoms with Gasteiger partial charge in [-0.3, -0.25) is 0 Å². The zero-order valence-corrected chi connectivity index (χ0v) is 12.7. The molecule has 0 unspecified atom stereocenters. The molecule has 0 radical (unpaired) electrons. The van der Waals surface area contributed by atoms with Crippen LogP contribution in [0.25, 0.3) is 0 Å². The number of hydrogen-bond acceptors (Lipinski definition) is 3. The summed E-state index contributed by atoms with van der Waals surface area (Å²) in [6, 6.07) is 2.12. The second-order valence-corrected chi connectivity index (χ2v) is 7.93. The minimum Gasteiger partial charge on any atom is -0.361 e. The predicted molar refractivity (Wildman–Crippen MR) is 78.3 cm³/mol. The van der Waals surface area contributed by atoms with Gasteiger partial charge in [-0.2, -0.15) is 0 Å². The Morgan fingerprint density at radius 2 is 1.80 bits per heavy atom. The normalized spacial score (nSPS) is 38.9. The second kappa shape index (κ2) is 4.59. The molecule has 4 saturated carbocycles. The molecule has 4 fully saturated rings. The monoisotopic (exact) mass is 274 g/mol. The molecule has 1 aromatic heterocycles. The van der Waals surface area contributed by atoms with E-state index in [-0.39, 0.29) is 0 Å². The summed E-state index contributed by atoms with van der Waals surface area (Å²) in [5.74, 6) is 4.43. The highest BCUT2D eigenvalue weighted by Gasteiger charge is 2.50. The Labute approximate surface area is 121 Å². The smallest absolute Gasteiger partial charge is 0.139 e. The van der Waals surface area contributed by atoms with E-state index >= 15 is 0 Å². The van der Waals surface area contributed by atoms with E-state index in [9.17, 15) is 0 Å². The standard InChI is InChI=1S/C17H26N2O/c1-11(2)16-6-15(19-20-16)10-18-17-7-12-3-13(8-17)5-14(4-12)9-17/h6,11-14,18H,3-5,7-10H2,1-2H3. The molecular weight excluding hydrogens is 248 g/mol. The van der Waals surface area contributed by atoms with Gasteiger partial charge >= 0.3 is 0 Å². The summed E-state index contributed by atoms with van der Waals surface area (Å²) in [7, 11) is 0. The molecule has 4 aliphatic rings. The first-order valence-corrected chi connectivity index (χ1v) is 8.32. The minimum absolute atomic E-state index is 0.422. The van der Waals surface area contributed by atoms with E-state index in [4.69, 9.17) is 4.52 Å². The third-order valence-corrected chi connectivity index (χ3v) is 5.83. The molecule has 110 valence electrons. The molecule has 3 heteroatoms. The van der Waals surface area contributed by atoms with Gasteiger partial charge in [0.2, 0.25) is 0 Å². The second-order valence-electron chi connectivity index (χ2n) is 7.93. The van der Waals surface area contributed by atoms with Crippen LogP contribution in [0.3, 0.4) is 0 Å². The summed E-state index contributed by atoms with van der Waals surface area (Å²) in [5.41, 5.74) is 1.50. The lowest BCUT2D eigenvalue weighted by atomic mass is 9.53. The first-order valence-electron chi connectivity index (χ1n) is 8.32. The fraction of sp³-hybridized carbons (Fsp3) is 0.824. The number of aromatic nitrogens is 1. The van der Waals surface area contributed by atoms with Crippen molar-refractivity contribution in [2.45, 2.75) is 70.4 Å². The number of nitrogens with one attached hydrogen (secondary N) is 1. The fourth-order valence-corrected chi connectivity index (χ4v) is 5.29. The lowest BCUT2D eigenvalue weighted by Crippen LogP contribution is -2.58. The van der Waals surface area contributed by atoms with E-state index in [1.54, 1.807) is 0 Å². The van der Waals surface area contributed by atoms with Gasteiger partial charge in [0.15, 0.2) is 0 Å². The lowest BCUT2D eigenvalue weighted by molar-refractivity contribution is -0.0208. The molecule has 0 saturated heterocycles. The van der Waals surface area contributed by atoms with Gasteiger partial charge in [0.05, 0.1) is 5.69 Å². The van der Waals surface area contributed by atoms with Crippen molar-refractivity contribution < 1.29 is 4.52 Å². The van der Waals surface area contributed by atoms with Gasteiger partial charge in [-0.05, 0) is 56.3 Å². The van der Waals surface area contributed by atoms with Crippen LogP contribution >= 0.6 is 0 Å². The molecular formula is C17H26N2O. The molecule has 3 nitrogen and oxygen atoms in total. The van der Waals surface area contributed by atoms with Crippen molar-refractivity contribution in [3.05, 3.63) is 17.5 Å². The molecule has 1 heterocycles. The van der Waals surface area contributed by atoms with Gasteiger partial charge in [-0.15, -0.1) is 0 Å². The van der Waals surface area contributed by atoms with Crippen LogP contribution in [0, 0.1) is 17.8 Å². The van der Waals surface area contributed by atoms with Crippen LogP contribution in [-0.2, 0) is 6.54 Å². The molecule has 5 rings (SSSR count). The van der Waals surface area contributed by atoms with Crippen molar-refractivity contribution in [3.63, 3.8) is 0 Å². The third-order valence-electron chi connectivity index (χ3n) is 5.83. The van der Waals surface area contributed by atoms with E-state index < -0.39 is 0 Å². The molecule has 0 spiro atoms. The van der Waals surface area contributed by atoms with E-state index in [1.807, 2.05) is 0 Å². The Kier molecular flexibility index (Phi) is 2.95. The van der Waals surface area contributed by atoms with Crippen LogP contribution in [0.1, 0.15) is 69.7 Å². The Morgan fingerprint density at radius 3 is 2.30 bits per heavy atom. The van der Waals surface area contributed by atoms with Gasteiger partial charge in [-0.25, -0.2) is 0 Å². The van der Waals surface area contributed by atoms with Crippen molar-refractivity contribution in [1.29, 1.82) is 0 Å². The SMILES string of the molecule is CC(C)c1cc(CNC23CC4CC(CC(C4)C2)C3)no1. The number of hydrogen-bond donors (Lipinski definition) is 1. The van der Waals surface area contributed by atoms with Gasteiger partial charge in [0.1, 0.15) is 5.76 Å². The zero-order chi connectivity index (χ0) is 13.7. The Hall–Kier alpha value is -0.830. The van der Waals surface area contributed by atoms with Crippen LogP contribution in [-0.4, -0.2) is 10.7 Å². The van der Waals surface area contributed by atoms with E-state index in [2.05, 4.69) is 30.4 Å². The van der Waals surface area contributed by atoms with E-state index in [1.165, 1.54) is 38.5 Å². The highest BCUT2D eigenvalue weighted by Crippen LogP contribution is 2.55. The summed E-state index contributed by atoms with van der Waals surface area (Å²) in [4.78, 5) is 0. The Balaban J connectivity index is 1.43. The summed E-state index contributed by atoms with van der Waals surface area (Å²) in [6.07, 6.45) is 8.70. The highest BCUT2D eigenvalue weighted by molar-refractivity contribution is 5.11. The van der Waals surface area contributed by atoms with Crippen molar-refractivity contribution in [1.82, 2.24) is 10.5 Å². The van der Waals surface area contributed by atoms with Gasteiger partial charge in [0, 0.05) is 24.1 Å². The number of nitrogens with zero attached hydrogens (tertiary/aromatic N) is 1. The molecule has 1 aromatic rings. The molecule has 20 heavy (non-hydrogen) atoms. The quantitative estimate of drug-likeness (QED) is 0.906. The first-order chi connectivity index (χ1) is 9.62. The number of rotatable bonds is 4. The van der Waals surface area contributed by atoms with Gasteiger partial charge in [-0.1, -0.05) is 19.0 Å².